The van der Waals surface area contributed by atoms with Crippen LogP contribution in [-0.2, 0) is 0 Å². The Balaban J connectivity index is 1.75. The molecule has 118 valence electrons. The topological polar surface area (TPSA) is 35.8 Å². The molecule has 2 aromatic heterocycles. The maximum Gasteiger partial charge on any atom is 0.408 e. The van der Waals surface area contributed by atoms with E-state index in [2.05, 4.69) is 14.6 Å². The highest BCUT2D eigenvalue weighted by Crippen LogP contribution is 2.39. The number of furan rings is 1. The molecule has 2 aromatic rings. The van der Waals surface area contributed by atoms with E-state index in [1.165, 1.54) is 4.90 Å². The lowest BCUT2D eigenvalue weighted by molar-refractivity contribution is 0.272. The lowest BCUT2D eigenvalue weighted by atomic mass is 9.61. The van der Waals surface area contributed by atoms with Crippen molar-refractivity contribution in [3.8, 4) is 0 Å². The minimum Gasteiger partial charge on any atom is -0.436 e. The van der Waals surface area contributed by atoms with Crippen molar-refractivity contribution in [2.45, 2.75) is 26.9 Å². The molecule has 5 nitrogen and oxygen atoms in total. The van der Waals surface area contributed by atoms with Gasteiger partial charge in [-0.05, 0) is 46.0 Å². The van der Waals surface area contributed by atoms with Crippen LogP contribution in [0.1, 0.15) is 29.4 Å². The van der Waals surface area contributed by atoms with Crippen LogP contribution in [-0.4, -0.2) is 41.9 Å². The van der Waals surface area contributed by atoms with Crippen molar-refractivity contribution < 1.29 is 8.53 Å². The normalized spacial score (nSPS) is 23.0. The number of aryl methyl sites for hydroxylation is 1. The van der Waals surface area contributed by atoms with Gasteiger partial charge in [0.15, 0.2) is 5.76 Å². The Hall–Kier alpha value is -2.37. The Bertz CT molecular complexity index is 936. The standard InChI is InChI=1S/C17H21BN4O/c1-11-10-15-16(14-7-6-12(2)19-17(14)23-15)21(5)18(11)22-9-8-20(4)13(22)3/h6-10,13H,1-5H3/t13-/m0/s1/i4D3. The Morgan fingerprint density at radius 1 is 1.30 bits per heavy atom. The van der Waals surface area contributed by atoms with Gasteiger partial charge in [0, 0.05) is 29.2 Å². The number of allylic oxidation sites excluding steroid dienone is 1. The van der Waals surface area contributed by atoms with Crippen LogP contribution < -0.4 is 4.81 Å². The van der Waals surface area contributed by atoms with Crippen molar-refractivity contribution in [3.63, 3.8) is 0 Å². The monoisotopic (exact) mass is 311 g/mol. The number of hydrogen-bond donors (Lipinski definition) is 0. The minimum absolute atomic E-state index is 0.0943. The summed E-state index contributed by atoms with van der Waals surface area (Å²) in [6.45, 7) is 3.62. The second-order valence-electron chi connectivity index (χ2n) is 6.28. The largest absolute Gasteiger partial charge is 0.436 e. The molecule has 0 spiro atoms. The Morgan fingerprint density at radius 3 is 2.87 bits per heavy atom. The zero-order valence-electron chi connectivity index (χ0n) is 16.7. The van der Waals surface area contributed by atoms with Gasteiger partial charge in [-0.25, -0.2) is 4.98 Å². The maximum atomic E-state index is 7.71. The van der Waals surface area contributed by atoms with E-state index < -0.39 is 6.98 Å². The molecule has 6 heteroatoms. The fraction of sp³-hybridized carbons (Fsp3) is 0.353. The highest BCUT2D eigenvalue weighted by Gasteiger charge is 2.40. The SMILES string of the molecule is [2H]C([2H])([2H])N1C=CN(B2C(C)=Cc3oc4nc(C)ccc4c3N2C)[C@H]1C. The molecular formula is C17H21BN4O. The average molecular weight is 311 g/mol. The molecule has 0 saturated heterocycles. The number of hydrogen-bond acceptors (Lipinski definition) is 5. The predicted octanol–water partition coefficient (Wildman–Crippen LogP) is 3.08. The van der Waals surface area contributed by atoms with Gasteiger partial charge in [-0.3, -0.25) is 0 Å². The average Bonchev–Trinajstić information content (AvgIpc) is 3.07. The lowest BCUT2D eigenvalue weighted by Crippen LogP contribution is -2.55. The van der Waals surface area contributed by atoms with Gasteiger partial charge in [-0.15, -0.1) is 0 Å². The third kappa shape index (κ3) is 1.97. The number of pyridine rings is 1. The van der Waals surface area contributed by atoms with Crippen molar-refractivity contribution in [2.24, 2.45) is 0 Å². The van der Waals surface area contributed by atoms with Gasteiger partial charge in [0.25, 0.3) is 0 Å². The fourth-order valence-corrected chi connectivity index (χ4v) is 3.51. The number of rotatable bonds is 1. The first kappa shape index (κ1) is 11.2. The van der Waals surface area contributed by atoms with Crippen LogP contribution in [0.15, 0.2) is 34.4 Å². The summed E-state index contributed by atoms with van der Waals surface area (Å²) in [6, 6.07) is 4.00. The molecule has 0 radical (unpaired) electrons. The first-order valence-corrected chi connectivity index (χ1v) is 7.74. The third-order valence-corrected chi connectivity index (χ3v) is 4.70. The molecule has 0 fully saturated rings. The second-order valence-corrected chi connectivity index (χ2v) is 6.28. The molecular weight excluding hydrogens is 287 g/mol. The van der Waals surface area contributed by atoms with Crippen LogP contribution in [0.3, 0.4) is 0 Å². The second kappa shape index (κ2) is 4.81. The van der Waals surface area contributed by atoms with Crippen LogP contribution in [0.25, 0.3) is 17.2 Å². The Kier molecular flexibility index (Phi) is 2.35. The molecule has 0 N–H and O–H groups in total. The summed E-state index contributed by atoms with van der Waals surface area (Å²) in [5.41, 5.74) is 3.60. The quantitative estimate of drug-likeness (QED) is 0.756. The fourth-order valence-electron chi connectivity index (χ4n) is 3.51. The van der Waals surface area contributed by atoms with Gasteiger partial charge in [0.05, 0.1) is 17.2 Å². The van der Waals surface area contributed by atoms with E-state index in [1.54, 1.807) is 6.20 Å². The van der Waals surface area contributed by atoms with Crippen molar-refractivity contribution in [1.29, 1.82) is 0 Å². The Morgan fingerprint density at radius 2 is 2.13 bits per heavy atom. The molecule has 0 saturated carbocycles. The van der Waals surface area contributed by atoms with Crippen LogP contribution in [0.2, 0.25) is 0 Å². The number of fused-ring (bicyclic) bond motifs is 3. The van der Waals surface area contributed by atoms with Crippen LogP contribution >= 0.6 is 0 Å². The lowest BCUT2D eigenvalue weighted by Gasteiger charge is -2.39. The molecule has 2 aliphatic heterocycles. The molecule has 0 aliphatic carbocycles. The molecule has 4 rings (SSSR count). The molecule has 2 aliphatic rings. The van der Waals surface area contributed by atoms with Crippen molar-refractivity contribution >= 4 is 29.8 Å². The number of nitrogens with zero attached hydrogens (tertiary/aromatic N) is 4. The summed E-state index contributed by atoms with van der Waals surface area (Å²) >= 11 is 0. The van der Waals surface area contributed by atoms with Gasteiger partial charge < -0.3 is 18.9 Å². The summed E-state index contributed by atoms with van der Waals surface area (Å²) in [5, 5.41) is 0.963. The minimum atomic E-state index is -2.16. The van der Waals surface area contributed by atoms with Crippen molar-refractivity contribution in [3.05, 3.63) is 41.5 Å². The maximum absolute atomic E-state index is 7.71. The van der Waals surface area contributed by atoms with E-state index in [0.717, 1.165) is 28.0 Å². The molecule has 4 heterocycles. The molecule has 0 unspecified atom stereocenters. The highest BCUT2D eigenvalue weighted by molar-refractivity contribution is 6.70. The molecule has 0 amide bonds. The molecule has 0 aromatic carbocycles. The third-order valence-electron chi connectivity index (χ3n) is 4.70. The van der Waals surface area contributed by atoms with E-state index in [4.69, 9.17) is 8.53 Å². The smallest absolute Gasteiger partial charge is 0.408 e. The number of anilines is 1. The first-order valence-electron chi connectivity index (χ1n) is 9.24. The van der Waals surface area contributed by atoms with E-state index in [9.17, 15) is 0 Å². The molecule has 23 heavy (non-hydrogen) atoms. The highest BCUT2D eigenvalue weighted by atomic mass is 16.3. The summed E-state index contributed by atoms with van der Waals surface area (Å²) in [6.07, 6.45) is 5.24. The van der Waals surface area contributed by atoms with Crippen molar-refractivity contribution in [2.75, 3.05) is 18.8 Å². The predicted molar refractivity (Wildman–Crippen MR) is 94.8 cm³/mol. The van der Waals surface area contributed by atoms with Crippen LogP contribution in [0, 0.1) is 6.92 Å². The molecule has 0 bridgehead atoms. The van der Waals surface area contributed by atoms with E-state index in [-0.39, 0.29) is 13.1 Å². The van der Waals surface area contributed by atoms with E-state index in [1.807, 2.05) is 52.2 Å². The summed E-state index contributed by atoms with van der Waals surface area (Å²) in [5.74, 6) is 0.790. The summed E-state index contributed by atoms with van der Waals surface area (Å²) < 4.78 is 29.1. The van der Waals surface area contributed by atoms with Gasteiger partial charge in [-0.2, -0.15) is 0 Å². The van der Waals surface area contributed by atoms with Crippen LogP contribution in [0.5, 0.6) is 0 Å². The van der Waals surface area contributed by atoms with Gasteiger partial charge in [0.2, 0.25) is 5.71 Å². The van der Waals surface area contributed by atoms with Crippen LogP contribution in [0.4, 0.5) is 5.69 Å². The summed E-state index contributed by atoms with van der Waals surface area (Å²) in [7, 11) is 2.01. The number of aromatic nitrogens is 1. The van der Waals surface area contributed by atoms with Gasteiger partial charge in [-0.1, -0.05) is 5.47 Å². The van der Waals surface area contributed by atoms with Crippen molar-refractivity contribution in [1.82, 2.24) is 14.7 Å². The summed E-state index contributed by atoms with van der Waals surface area (Å²) in [4.78, 5) is 10.1. The zero-order valence-corrected chi connectivity index (χ0v) is 13.7. The Labute approximate surface area is 141 Å². The van der Waals surface area contributed by atoms with Gasteiger partial charge >= 0.3 is 6.98 Å². The van der Waals surface area contributed by atoms with E-state index >= 15 is 0 Å². The van der Waals surface area contributed by atoms with E-state index in [0.29, 0.717) is 5.71 Å². The van der Waals surface area contributed by atoms with Gasteiger partial charge in [0.1, 0.15) is 0 Å². The first-order chi connectivity index (χ1) is 12.2. The molecule has 1 atom stereocenters. The zero-order chi connectivity index (χ0) is 18.8.